The van der Waals surface area contributed by atoms with Crippen LogP contribution < -0.4 is 9.68 Å². The van der Waals surface area contributed by atoms with Gasteiger partial charge in [0.05, 0.1) is 36.1 Å². The normalized spacial score (nSPS) is 24.1. The predicted molar refractivity (Wildman–Crippen MR) is 168 cm³/mol. The highest BCUT2D eigenvalue weighted by molar-refractivity contribution is 7.71. The van der Waals surface area contributed by atoms with Crippen LogP contribution in [-0.2, 0) is 10.2 Å². The number of allylic oxidation sites excluding steroid dienone is 2. The van der Waals surface area contributed by atoms with E-state index < -0.39 is 7.36 Å². The van der Waals surface area contributed by atoms with Crippen molar-refractivity contribution in [3.63, 3.8) is 0 Å². The van der Waals surface area contributed by atoms with Crippen LogP contribution >= 0.6 is 7.36 Å². The lowest BCUT2D eigenvalue weighted by molar-refractivity contribution is 0.0743. The Hall–Kier alpha value is -3.70. The Morgan fingerprint density at radius 3 is 2.33 bits per heavy atom. The van der Waals surface area contributed by atoms with Gasteiger partial charge in [0.1, 0.15) is 0 Å². The van der Waals surface area contributed by atoms with Gasteiger partial charge in [0.25, 0.3) is 0 Å². The first-order valence-corrected chi connectivity index (χ1v) is 15.6. The first kappa shape index (κ1) is 25.3. The molecule has 0 amide bonds. The van der Waals surface area contributed by atoms with Crippen LogP contribution in [0.4, 0.5) is 17.1 Å². The third-order valence-electron chi connectivity index (χ3n) is 8.37. The van der Waals surface area contributed by atoms with E-state index in [4.69, 9.17) is 14.6 Å². The Kier molecular flexibility index (Phi) is 6.16. The number of para-hydroxylation sites is 2. The van der Waals surface area contributed by atoms with Gasteiger partial charge in [-0.05, 0) is 35.2 Å². The van der Waals surface area contributed by atoms with Gasteiger partial charge in [-0.25, -0.2) is 14.2 Å². The Bertz CT molecular complexity index is 1700. The Balaban J connectivity index is 1.59. The van der Waals surface area contributed by atoms with Gasteiger partial charge >= 0.3 is 0 Å². The summed E-state index contributed by atoms with van der Waals surface area (Å²) in [6.07, 6.45) is 2.10. The van der Waals surface area contributed by atoms with E-state index in [-0.39, 0.29) is 5.41 Å². The lowest BCUT2D eigenvalue weighted by Gasteiger charge is -2.43. The molecule has 3 heterocycles. The molecule has 0 unspecified atom stereocenters. The second-order valence-electron chi connectivity index (χ2n) is 11.0. The van der Waals surface area contributed by atoms with Gasteiger partial charge in [-0.1, -0.05) is 86.6 Å². The zero-order valence-corrected chi connectivity index (χ0v) is 24.1. The predicted octanol–water partition coefficient (Wildman–Crippen LogP) is 7.98. The summed E-state index contributed by atoms with van der Waals surface area (Å²) in [5, 5.41) is 8.75. The molecule has 7 rings (SSSR count). The number of hydrogen-bond acceptors (Lipinski definition) is 4. The SMILES string of the molecule is CN1/C(=C2/C=NN(c3ccccc3)[P@@]2(=Nc2cccc3ccccc23)N2CCOCC2)C(C)(C)c2ccccc21. The van der Waals surface area contributed by atoms with E-state index in [2.05, 4.69) is 139 Å². The minimum atomic E-state index is -2.66. The number of anilines is 2. The Labute approximate surface area is 236 Å². The maximum Gasteiger partial charge on any atom is 0.180 e. The third-order valence-corrected chi connectivity index (χ3v) is 11.9. The number of morpholine rings is 1. The van der Waals surface area contributed by atoms with Gasteiger partial charge in [-0.2, -0.15) is 5.10 Å². The number of likely N-dealkylation sites (N-methyl/N-ethyl adjacent to an activating group) is 1. The van der Waals surface area contributed by atoms with Crippen molar-refractivity contribution in [1.82, 2.24) is 4.67 Å². The van der Waals surface area contributed by atoms with E-state index in [9.17, 15) is 0 Å². The van der Waals surface area contributed by atoms with Crippen molar-refractivity contribution in [1.29, 1.82) is 0 Å². The van der Waals surface area contributed by atoms with Crippen LogP contribution in [0.2, 0.25) is 0 Å². The van der Waals surface area contributed by atoms with E-state index in [0.29, 0.717) is 13.2 Å². The van der Waals surface area contributed by atoms with Crippen molar-refractivity contribution in [2.24, 2.45) is 9.85 Å². The molecule has 7 heteroatoms. The molecule has 0 radical (unpaired) electrons. The van der Waals surface area contributed by atoms with E-state index >= 15 is 0 Å². The number of hydrogen-bond donors (Lipinski definition) is 0. The minimum Gasteiger partial charge on any atom is -0.379 e. The molecule has 0 bridgehead atoms. The quantitative estimate of drug-likeness (QED) is 0.244. The zero-order chi connectivity index (χ0) is 27.3. The van der Waals surface area contributed by atoms with E-state index in [1.54, 1.807) is 0 Å². The maximum absolute atomic E-state index is 5.89. The molecule has 6 nitrogen and oxygen atoms in total. The molecule has 0 N–H and O–H groups in total. The topological polar surface area (TPSA) is 43.7 Å². The van der Waals surface area contributed by atoms with Crippen molar-refractivity contribution < 1.29 is 4.74 Å². The molecule has 202 valence electrons. The molecule has 0 saturated carbocycles. The maximum atomic E-state index is 5.89. The molecule has 1 saturated heterocycles. The summed E-state index contributed by atoms with van der Waals surface area (Å²) in [5.74, 6) is 0. The Morgan fingerprint density at radius 2 is 1.52 bits per heavy atom. The number of rotatable bonds is 3. The van der Waals surface area contributed by atoms with Crippen molar-refractivity contribution in [2.75, 3.05) is 43.0 Å². The summed E-state index contributed by atoms with van der Waals surface area (Å²) in [7, 11) is -0.463. The van der Waals surface area contributed by atoms with Crippen LogP contribution in [0.1, 0.15) is 19.4 Å². The average Bonchev–Trinajstić information content (AvgIpc) is 3.46. The van der Waals surface area contributed by atoms with Gasteiger partial charge in [-0.15, -0.1) is 0 Å². The standard InChI is InChI=1S/C33H34N5OP/c1-33(2)28-17-9-10-19-30(28)36(3)32(33)31-24-34-38(26-14-5-4-6-15-26)40(31,37-20-22-39-23-21-37)35-29-18-11-13-25-12-7-8-16-27(25)29/h4-19,24H,20-23H2,1-3H3/b32-31-/t40-/m0/s1. The molecule has 0 spiro atoms. The number of nitrogens with zero attached hydrogens (tertiary/aromatic N) is 5. The van der Waals surface area contributed by atoms with Crippen LogP contribution in [0.25, 0.3) is 10.8 Å². The molecule has 4 aromatic carbocycles. The van der Waals surface area contributed by atoms with Crippen molar-refractivity contribution >= 4 is 41.4 Å². The second kappa shape index (κ2) is 9.74. The van der Waals surface area contributed by atoms with Crippen LogP contribution in [-0.4, -0.2) is 44.2 Å². The van der Waals surface area contributed by atoms with Gasteiger partial charge in [-0.3, -0.25) is 0 Å². The fraction of sp³-hybridized carbons (Fsp3) is 0.242. The van der Waals surface area contributed by atoms with Gasteiger partial charge < -0.3 is 9.64 Å². The highest BCUT2D eigenvalue weighted by Crippen LogP contribution is 2.71. The highest BCUT2D eigenvalue weighted by Gasteiger charge is 2.50. The third kappa shape index (κ3) is 3.78. The summed E-state index contributed by atoms with van der Waals surface area (Å²) in [6, 6.07) is 34.3. The number of benzene rings is 4. The highest BCUT2D eigenvalue weighted by atomic mass is 31.2. The molecule has 4 aromatic rings. The summed E-state index contributed by atoms with van der Waals surface area (Å²) in [4.78, 5) is 2.37. The van der Waals surface area contributed by atoms with Crippen LogP contribution in [0, 0.1) is 0 Å². The summed E-state index contributed by atoms with van der Waals surface area (Å²) in [5.41, 5.74) is 5.67. The van der Waals surface area contributed by atoms with Gasteiger partial charge in [0, 0.05) is 42.3 Å². The fourth-order valence-electron chi connectivity index (χ4n) is 6.52. The molecule has 40 heavy (non-hydrogen) atoms. The lowest BCUT2D eigenvalue weighted by atomic mass is 9.84. The first-order valence-electron chi connectivity index (χ1n) is 13.9. The average molecular weight is 548 g/mol. The van der Waals surface area contributed by atoms with Crippen LogP contribution in [0.5, 0.6) is 0 Å². The number of fused-ring (bicyclic) bond motifs is 2. The van der Waals surface area contributed by atoms with E-state index in [0.717, 1.165) is 29.9 Å². The van der Waals surface area contributed by atoms with Gasteiger partial charge in [0.2, 0.25) is 0 Å². The minimum absolute atomic E-state index is 0.217. The molecule has 3 aliphatic rings. The van der Waals surface area contributed by atoms with E-state index in [1.165, 1.54) is 27.6 Å². The van der Waals surface area contributed by atoms with Crippen LogP contribution in [0.15, 0.2) is 118 Å². The van der Waals surface area contributed by atoms with Crippen LogP contribution in [0.3, 0.4) is 0 Å². The number of hydrazone groups is 1. The monoisotopic (exact) mass is 547 g/mol. The summed E-state index contributed by atoms with van der Waals surface area (Å²) in [6.45, 7) is 7.62. The van der Waals surface area contributed by atoms with E-state index in [1.807, 2.05) is 0 Å². The molecule has 3 aliphatic heterocycles. The summed E-state index contributed by atoms with van der Waals surface area (Å²) >= 11 is 0. The largest absolute Gasteiger partial charge is 0.379 e. The number of ether oxygens (including phenoxy) is 1. The molecular weight excluding hydrogens is 513 g/mol. The molecule has 0 aliphatic carbocycles. The smallest absolute Gasteiger partial charge is 0.180 e. The second-order valence-corrected chi connectivity index (χ2v) is 13.8. The lowest BCUT2D eigenvalue weighted by Crippen LogP contribution is -2.38. The first-order chi connectivity index (χ1) is 19.5. The molecule has 0 aromatic heterocycles. The van der Waals surface area contributed by atoms with Crippen molar-refractivity contribution in [3.05, 3.63) is 114 Å². The molecule has 1 fully saturated rings. The zero-order valence-electron chi connectivity index (χ0n) is 23.2. The van der Waals surface area contributed by atoms with Gasteiger partial charge in [0.15, 0.2) is 7.36 Å². The van der Waals surface area contributed by atoms with Crippen molar-refractivity contribution in [3.8, 4) is 0 Å². The molecular formula is C33H34N5OP. The summed E-state index contributed by atoms with van der Waals surface area (Å²) < 4.78 is 16.6. The Morgan fingerprint density at radius 1 is 0.825 bits per heavy atom. The van der Waals surface area contributed by atoms with Crippen molar-refractivity contribution in [2.45, 2.75) is 19.3 Å². The molecule has 1 atom stereocenters. The fourth-order valence-corrected chi connectivity index (χ4v) is 10.4.